The number of halogens is 2. The van der Waals surface area contributed by atoms with E-state index >= 15 is 0 Å². The van der Waals surface area contributed by atoms with E-state index in [-0.39, 0.29) is 17.8 Å². The van der Waals surface area contributed by atoms with Gasteiger partial charge in [-0.15, -0.1) is 5.10 Å². The van der Waals surface area contributed by atoms with Crippen LogP contribution in [-0.4, -0.2) is 15.5 Å². The van der Waals surface area contributed by atoms with E-state index in [1.165, 1.54) is 12.1 Å². The molecule has 1 aromatic heterocycles. The molecule has 1 N–H and O–H groups in total. The van der Waals surface area contributed by atoms with Crippen LogP contribution in [-0.2, 0) is 0 Å². The van der Waals surface area contributed by atoms with E-state index in [0.717, 1.165) is 27.1 Å². The summed E-state index contributed by atoms with van der Waals surface area (Å²) >= 11 is 4.43. The molecule has 0 aliphatic rings. The Morgan fingerprint density at radius 3 is 2.50 bits per heavy atom. The lowest BCUT2D eigenvalue weighted by molar-refractivity contribution is 0.0944. The van der Waals surface area contributed by atoms with Crippen molar-refractivity contribution >= 4 is 33.4 Å². The average Bonchev–Trinajstić information content (AvgIpc) is 3.06. The van der Waals surface area contributed by atoms with Crippen molar-refractivity contribution in [1.82, 2.24) is 14.9 Å². The minimum absolute atomic E-state index is 0.250. The molecule has 1 unspecified atom stereocenters. The first-order valence-electron chi connectivity index (χ1n) is 7.19. The summed E-state index contributed by atoms with van der Waals surface area (Å²) in [7, 11) is 0. The Hall–Kier alpha value is -2.12. The second-order valence-electron chi connectivity index (χ2n) is 5.20. The second kappa shape index (κ2) is 7.19. The molecule has 122 valence electrons. The molecule has 0 aliphatic carbocycles. The zero-order valence-electron chi connectivity index (χ0n) is 12.7. The SMILES string of the molecule is CC(NC(=O)c1snnc1-c1ccc(Br)cc1)c1ccc(F)cc1. The first kappa shape index (κ1) is 16.7. The number of rotatable bonds is 4. The Bertz CT molecular complexity index is 849. The molecule has 0 bridgehead atoms. The first-order chi connectivity index (χ1) is 11.5. The molecule has 3 rings (SSSR count). The van der Waals surface area contributed by atoms with Gasteiger partial charge in [0.2, 0.25) is 0 Å². The molecule has 0 fully saturated rings. The van der Waals surface area contributed by atoms with Gasteiger partial charge < -0.3 is 5.32 Å². The van der Waals surface area contributed by atoms with Crippen LogP contribution in [0, 0.1) is 5.82 Å². The number of nitrogens with one attached hydrogen (secondary N) is 1. The summed E-state index contributed by atoms with van der Waals surface area (Å²) in [6, 6.07) is 13.3. The third-order valence-corrected chi connectivity index (χ3v) is 4.78. The number of amides is 1. The highest BCUT2D eigenvalue weighted by molar-refractivity contribution is 9.10. The van der Waals surface area contributed by atoms with Gasteiger partial charge in [-0.3, -0.25) is 4.79 Å². The summed E-state index contributed by atoms with van der Waals surface area (Å²) in [6.07, 6.45) is 0. The van der Waals surface area contributed by atoms with Gasteiger partial charge in [0.25, 0.3) is 5.91 Å². The number of carbonyl (C=O) groups is 1. The molecule has 1 amide bonds. The highest BCUT2D eigenvalue weighted by atomic mass is 79.9. The van der Waals surface area contributed by atoms with E-state index in [1.54, 1.807) is 12.1 Å². The number of hydrogen-bond donors (Lipinski definition) is 1. The number of carbonyl (C=O) groups excluding carboxylic acids is 1. The van der Waals surface area contributed by atoms with Crippen LogP contribution >= 0.6 is 27.5 Å². The quantitative estimate of drug-likeness (QED) is 0.689. The number of nitrogens with zero attached hydrogens (tertiary/aromatic N) is 2. The van der Waals surface area contributed by atoms with Crippen LogP contribution in [0.3, 0.4) is 0 Å². The van der Waals surface area contributed by atoms with Crippen LogP contribution in [0.1, 0.15) is 28.2 Å². The molecule has 2 aromatic carbocycles. The van der Waals surface area contributed by atoms with Crippen LogP contribution in [0.25, 0.3) is 11.3 Å². The van der Waals surface area contributed by atoms with Crippen LogP contribution in [0.5, 0.6) is 0 Å². The van der Waals surface area contributed by atoms with Gasteiger partial charge in [-0.2, -0.15) is 0 Å². The molecular weight excluding hydrogens is 393 g/mol. The summed E-state index contributed by atoms with van der Waals surface area (Å²) in [4.78, 5) is 13.0. The van der Waals surface area contributed by atoms with Crippen molar-refractivity contribution in [3.63, 3.8) is 0 Å². The first-order valence-corrected chi connectivity index (χ1v) is 8.76. The maximum absolute atomic E-state index is 13.0. The fraction of sp³-hybridized carbons (Fsp3) is 0.118. The molecule has 0 radical (unpaired) electrons. The van der Waals surface area contributed by atoms with Gasteiger partial charge in [-0.05, 0) is 48.3 Å². The molecule has 0 saturated heterocycles. The third-order valence-electron chi connectivity index (χ3n) is 3.53. The largest absolute Gasteiger partial charge is 0.345 e. The lowest BCUT2D eigenvalue weighted by Gasteiger charge is -2.14. The minimum atomic E-state index is -0.304. The van der Waals surface area contributed by atoms with Crippen LogP contribution in [0.4, 0.5) is 4.39 Å². The van der Waals surface area contributed by atoms with Gasteiger partial charge in [0.05, 0.1) is 6.04 Å². The molecule has 7 heteroatoms. The zero-order chi connectivity index (χ0) is 17.1. The standard InChI is InChI=1S/C17H13BrFN3OS/c1-10(11-4-8-14(19)9-5-11)20-17(23)16-15(21-22-24-16)12-2-6-13(18)7-3-12/h2-10H,1H3,(H,20,23). The van der Waals surface area contributed by atoms with Crippen molar-refractivity contribution in [1.29, 1.82) is 0 Å². The van der Waals surface area contributed by atoms with E-state index in [2.05, 4.69) is 30.8 Å². The third kappa shape index (κ3) is 3.68. The van der Waals surface area contributed by atoms with E-state index in [1.807, 2.05) is 31.2 Å². The van der Waals surface area contributed by atoms with E-state index < -0.39 is 0 Å². The van der Waals surface area contributed by atoms with Crippen molar-refractivity contribution in [3.05, 3.63) is 69.3 Å². The summed E-state index contributed by atoms with van der Waals surface area (Å²) in [6.45, 7) is 1.85. The zero-order valence-corrected chi connectivity index (χ0v) is 15.1. The van der Waals surface area contributed by atoms with Crippen molar-refractivity contribution in [2.45, 2.75) is 13.0 Å². The van der Waals surface area contributed by atoms with Crippen molar-refractivity contribution in [2.75, 3.05) is 0 Å². The summed E-state index contributed by atoms with van der Waals surface area (Å²) in [5, 5.41) is 6.97. The Labute approximate surface area is 151 Å². The van der Waals surface area contributed by atoms with E-state index in [9.17, 15) is 9.18 Å². The maximum Gasteiger partial charge on any atom is 0.265 e. The highest BCUT2D eigenvalue weighted by Crippen LogP contribution is 2.26. The van der Waals surface area contributed by atoms with Crippen molar-refractivity contribution in [2.24, 2.45) is 0 Å². The van der Waals surface area contributed by atoms with Crippen LogP contribution in [0.2, 0.25) is 0 Å². The Morgan fingerprint density at radius 2 is 1.83 bits per heavy atom. The molecule has 1 heterocycles. The minimum Gasteiger partial charge on any atom is -0.345 e. The molecule has 4 nitrogen and oxygen atoms in total. The summed E-state index contributed by atoms with van der Waals surface area (Å²) in [5.41, 5.74) is 2.20. The number of benzene rings is 2. The van der Waals surface area contributed by atoms with Crippen molar-refractivity contribution < 1.29 is 9.18 Å². The van der Waals surface area contributed by atoms with Crippen molar-refractivity contribution in [3.8, 4) is 11.3 Å². The maximum atomic E-state index is 13.0. The molecule has 0 aliphatic heterocycles. The molecule has 3 aromatic rings. The molecule has 0 spiro atoms. The van der Waals surface area contributed by atoms with Gasteiger partial charge in [-0.1, -0.05) is 44.7 Å². The summed E-state index contributed by atoms with van der Waals surface area (Å²) in [5.74, 6) is -0.554. The van der Waals surface area contributed by atoms with Gasteiger partial charge in [0, 0.05) is 10.0 Å². The lowest BCUT2D eigenvalue weighted by Crippen LogP contribution is -2.26. The molecule has 24 heavy (non-hydrogen) atoms. The fourth-order valence-electron chi connectivity index (χ4n) is 2.23. The Balaban J connectivity index is 1.80. The second-order valence-corrected chi connectivity index (χ2v) is 6.87. The predicted molar refractivity (Wildman–Crippen MR) is 95.3 cm³/mol. The topological polar surface area (TPSA) is 54.9 Å². The molecule has 0 saturated carbocycles. The Kier molecular flexibility index (Phi) is 5.01. The van der Waals surface area contributed by atoms with Crippen LogP contribution < -0.4 is 5.32 Å². The fourth-order valence-corrected chi connectivity index (χ4v) is 3.09. The smallest absolute Gasteiger partial charge is 0.265 e. The predicted octanol–water partition coefficient (Wildman–Crippen LogP) is 4.60. The average molecular weight is 406 g/mol. The van der Waals surface area contributed by atoms with Gasteiger partial charge in [-0.25, -0.2) is 4.39 Å². The monoisotopic (exact) mass is 405 g/mol. The lowest BCUT2D eigenvalue weighted by atomic mass is 10.1. The van der Waals surface area contributed by atoms with E-state index in [0.29, 0.717) is 10.6 Å². The van der Waals surface area contributed by atoms with Gasteiger partial charge in [0.1, 0.15) is 16.4 Å². The summed E-state index contributed by atoms with van der Waals surface area (Å²) < 4.78 is 17.9. The van der Waals surface area contributed by atoms with Gasteiger partial charge >= 0.3 is 0 Å². The highest BCUT2D eigenvalue weighted by Gasteiger charge is 2.19. The van der Waals surface area contributed by atoms with Gasteiger partial charge in [0.15, 0.2) is 0 Å². The number of hydrogen-bond acceptors (Lipinski definition) is 4. The normalized spacial score (nSPS) is 12.0. The Morgan fingerprint density at radius 1 is 1.17 bits per heavy atom. The molecule has 1 atom stereocenters. The molecular formula is C17H13BrFN3OS. The van der Waals surface area contributed by atoms with E-state index in [4.69, 9.17) is 0 Å². The van der Waals surface area contributed by atoms with Crippen LogP contribution in [0.15, 0.2) is 53.0 Å². The number of aromatic nitrogens is 2.